The Morgan fingerprint density at radius 3 is 2.74 bits per heavy atom. The van der Waals surface area contributed by atoms with E-state index in [0.717, 1.165) is 5.56 Å². The number of anilines is 1. The molecule has 19 heavy (non-hydrogen) atoms. The molecule has 0 heterocycles. The van der Waals surface area contributed by atoms with Crippen LogP contribution in [-0.2, 0) is 6.54 Å². The van der Waals surface area contributed by atoms with Gasteiger partial charge in [0.2, 0.25) is 0 Å². The van der Waals surface area contributed by atoms with E-state index in [1.54, 1.807) is 37.4 Å². The van der Waals surface area contributed by atoms with Gasteiger partial charge < -0.3 is 10.1 Å². The fourth-order valence-electron chi connectivity index (χ4n) is 1.72. The van der Waals surface area contributed by atoms with Crippen LogP contribution in [0, 0.1) is 5.82 Å². The summed E-state index contributed by atoms with van der Waals surface area (Å²) < 4.78 is 18.9. The monoisotopic (exact) mass is 299 g/mol. The van der Waals surface area contributed by atoms with Crippen molar-refractivity contribution in [3.05, 3.63) is 57.8 Å². The molecule has 0 saturated heterocycles. The van der Waals surface area contributed by atoms with Crippen LogP contribution in [0.5, 0.6) is 5.75 Å². The smallest absolute Gasteiger partial charge is 0.164 e. The Kier molecular flexibility index (Phi) is 4.51. The molecule has 0 atom stereocenters. The highest BCUT2D eigenvalue weighted by Gasteiger charge is 2.08. The normalized spacial score (nSPS) is 10.3. The molecule has 0 spiro atoms. The number of halogens is 3. The second-order valence-corrected chi connectivity index (χ2v) is 4.75. The van der Waals surface area contributed by atoms with E-state index in [2.05, 4.69) is 5.32 Å². The zero-order valence-electron chi connectivity index (χ0n) is 10.2. The van der Waals surface area contributed by atoms with E-state index < -0.39 is 5.82 Å². The van der Waals surface area contributed by atoms with Gasteiger partial charge in [0.25, 0.3) is 0 Å². The van der Waals surface area contributed by atoms with Gasteiger partial charge >= 0.3 is 0 Å². The van der Waals surface area contributed by atoms with Gasteiger partial charge in [-0.2, -0.15) is 0 Å². The van der Waals surface area contributed by atoms with Gasteiger partial charge in [0.15, 0.2) is 5.82 Å². The molecule has 1 N–H and O–H groups in total. The van der Waals surface area contributed by atoms with Crippen LogP contribution in [0.4, 0.5) is 10.1 Å². The summed E-state index contributed by atoms with van der Waals surface area (Å²) in [6.07, 6.45) is 0. The number of benzene rings is 2. The van der Waals surface area contributed by atoms with Crippen molar-refractivity contribution in [1.29, 1.82) is 0 Å². The number of hydrogen-bond donors (Lipinski definition) is 1. The summed E-state index contributed by atoms with van der Waals surface area (Å²) in [4.78, 5) is 0. The molecule has 0 aliphatic rings. The summed E-state index contributed by atoms with van der Waals surface area (Å²) in [5, 5.41) is 3.66. The minimum absolute atomic E-state index is 0.0862. The molecule has 0 bridgehead atoms. The molecule has 0 saturated carbocycles. The minimum atomic E-state index is -0.467. The summed E-state index contributed by atoms with van der Waals surface area (Å²) in [7, 11) is 1.58. The first-order chi connectivity index (χ1) is 9.11. The van der Waals surface area contributed by atoms with Gasteiger partial charge in [0.1, 0.15) is 5.75 Å². The van der Waals surface area contributed by atoms with Crippen molar-refractivity contribution >= 4 is 28.9 Å². The van der Waals surface area contributed by atoms with Gasteiger partial charge in [0, 0.05) is 17.1 Å². The van der Waals surface area contributed by atoms with Gasteiger partial charge in [-0.15, -0.1) is 0 Å². The lowest BCUT2D eigenvalue weighted by Gasteiger charge is -2.12. The molecule has 0 unspecified atom stereocenters. The highest BCUT2D eigenvalue weighted by molar-refractivity contribution is 6.31. The average Bonchev–Trinajstić information content (AvgIpc) is 2.40. The minimum Gasteiger partial charge on any atom is -0.496 e. The van der Waals surface area contributed by atoms with Crippen LogP contribution < -0.4 is 10.1 Å². The Labute approximate surface area is 121 Å². The first kappa shape index (κ1) is 14.0. The van der Waals surface area contributed by atoms with Crippen LogP contribution >= 0.6 is 23.2 Å². The molecule has 0 radical (unpaired) electrons. The Morgan fingerprint density at radius 2 is 2.00 bits per heavy atom. The molecule has 2 aromatic rings. The van der Waals surface area contributed by atoms with Crippen molar-refractivity contribution in [3.8, 4) is 5.75 Å². The van der Waals surface area contributed by atoms with E-state index in [0.29, 0.717) is 23.0 Å². The summed E-state index contributed by atoms with van der Waals surface area (Å²) >= 11 is 11.7. The van der Waals surface area contributed by atoms with E-state index in [4.69, 9.17) is 27.9 Å². The fourth-order valence-corrected chi connectivity index (χ4v) is 2.09. The standard InChI is InChI=1S/C14H12Cl2FNO/c1-19-13-6-5-10(15)7-9(13)8-18-12-4-2-3-11(16)14(12)17/h2-7,18H,8H2,1H3. The van der Waals surface area contributed by atoms with Crippen molar-refractivity contribution in [1.82, 2.24) is 0 Å². The molecular weight excluding hydrogens is 288 g/mol. The second-order valence-electron chi connectivity index (χ2n) is 3.91. The predicted molar refractivity (Wildman–Crippen MR) is 76.7 cm³/mol. The number of nitrogens with one attached hydrogen (secondary N) is 1. The van der Waals surface area contributed by atoms with E-state index in [9.17, 15) is 4.39 Å². The van der Waals surface area contributed by atoms with E-state index >= 15 is 0 Å². The molecule has 100 valence electrons. The third kappa shape index (κ3) is 3.31. The number of ether oxygens (including phenoxy) is 1. The fraction of sp³-hybridized carbons (Fsp3) is 0.143. The van der Waals surface area contributed by atoms with Crippen molar-refractivity contribution in [2.75, 3.05) is 12.4 Å². The third-order valence-electron chi connectivity index (χ3n) is 2.66. The van der Waals surface area contributed by atoms with Gasteiger partial charge in [-0.05, 0) is 30.3 Å². The summed E-state index contributed by atoms with van der Waals surface area (Å²) in [6.45, 7) is 0.390. The van der Waals surface area contributed by atoms with Crippen LogP contribution in [0.2, 0.25) is 10.0 Å². The topological polar surface area (TPSA) is 21.3 Å². The zero-order valence-corrected chi connectivity index (χ0v) is 11.7. The first-order valence-corrected chi connectivity index (χ1v) is 6.37. The Hall–Kier alpha value is -1.45. The molecule has 2 nitrogen and oxygen atoms in total. The van der Waals surface area contributed by atoms with E-state index in [1.165, 1.54) is 6.07 Å². The lowest BCUT2D eigenvalue weighted by molar-refractivity contribution is 0.410. The second kappa shape index (κ2) is 6.13. The molecule has 5 heteroatoms. The van der Waals surface area contributed by atoms with Crippen LogP contribution in [0.1, 0.15) is 5.56 Å². The van der Waals surface area contributed by atoms with Gasteiger partial charge in [-0.3, -0.25) is 0 Å². The summed E-state index contributed by atoms with van der Waals surface area (Å²) in [5.41, 5.74) is 1.18. The lowest BCUT2D eigenvalue weighted by atomic mass is 10.2. The van der Waals surface area contributed by atoms with Gasteiger partial charge in [-0.25, -0.2) is 4.39 Å². The first-order valence-electron chi connectivity index (χ1n) is 5.62. The van der Waals surface area contributed by atoms with Crippen molar-refractivity contribution in [2.45, 2.75) is 6.54 Å². The molecule has 2 rings (SSSR count). The Bertz CT molecular complexity index is 590. The third-order valence-corrected chi connectivity index (χ3v) is 3.19. The summed E-state index contributed by atoms with van der Waals surface area (Å²) in [6, 6.07) is 10.1. The van der Waals surface area contributed by atoms with E-state index in [1.807, 2.05) is 0 Å². The molecule has 0 aromatic heterocycles. The Morgan fingerprint density at radius 1 is 1.21 bits per heavy atom. The molecule has 0 fully saturated rings. The van der Waals surface area contributed by atoms with Crippen molar-refractivity contribution in [2.24, 2.45) is 0 Å². The molecule has 0 amide bonds. The maximum Gasteiger partial charge on any atom is 0.164 e. The molecular formula is C14H12Cl2FNO. The lowest BCUT2D eigenvalue weighted by Crippen LogP contribution is -2.03. The number of rotatable bonds is 4. The maximum atomic E-state index is 13.7. The summed E-state index contributed by atoms with van der Waals surface area (Å²) in [5.74, 6) is 0.226. The zero-order chi connectivity index (χ0) is 13.8. The van der Waals surface area contributed by atoms with Crippen LogP contribution in [-0.4, -0.2) is 7.11 Å². The number of hydrogen-bond acceptors (Lipinski definition) is 2. The van der Waals surface area contributed by atoms with Crippen LogP contribution in [0.25, 0.3) is 0 Å². The van der Waals surface area contributed by atoms with Crippen LogP contribution in [0.15, 0.2) is 36.4 Å². The highest BCUT2D eigenvalue weighted by Crippen LogP contribution is 2.26. The molecule has 0 aliphatic heterocycles. The van der Waals surface area contributed by atoms with Gasteiger partial charge in [0.05, 0.1) is 17.8 Å². The SMILES string of the molecule is COc1ccc(Cl)cc1CNc1cccc(Cl)c1F. The maximum absolute atomic E-state index is 13.7. The predicted octanol–water partition coefficient (Wildman–Crippen LogP) is 4.75. The van der Waals surface area contributed by atoms with Gasteiger partial charge in [-0.1, -0.05) is 29.3 Å². The van der Waals surface area contributed by atoms with E-state index in [-0.39, 0.29) is 5.02 Å². The largest absolute Gasteiger partial charge is 0.496 e. The van der Waals surface area contributed by atoms with Crippen molar-refractivity contribution in [3.63, 3.8) is 0 Å². The quantitative estimate of drug-likeness (QED) is 0.879. The van der Waals surface area contributed by atoms with Crippen molar-refractivity contribution < 1.29 is 9.13 Å². The highest BCUT2D eigenvalue weighted by atomic mass is 35.5. The molecule has 0 aliphatic carbocycles. The Balaban J connectivity index is 2.18. The average molecular weight is 300 g/mol. The molecule has 2 aromatic carbocycles. The van der Waals surface area contributed by atoms with Crippen LogP contribution in [0.3, 0.4) is 0 Å². The number of methoxy groups -OCH3 is 1.